The molecule has 2 rings (SSSR count). The van der Waals surface area contributed by atoms with Crippen LogP contribution < -0.4 is 0 Å². The van der Waals surface area contributed by atoms with Crippen molar-refractivity contribution in [2.24, 2.45) is 5.41 Å². The van der Waals surface area contributed by atoms with Crippen molar-refractivity contribution in [2.75, 3.05) is 13.1 Å². The molecule has 6 nitrogen and oxygen atoms in total. The largest absolute Gasteiger partial charge is 0.481 e. The molecule has 1 fully saturated rings. The van der Waals surface area contributed by atoms with Gasteiger partial charge in [-0.3, -0.25) is 4.79 Å². The molecular formula is C13H13ClN2O4S. The van der Waals surface area contributed by atoms with E-state index in [2.05, 4.69) is 0 Å². The molecule has 0 aromatic heterocycles. The fourth-order valence-corrected chi connectivity index (χ4v) is 4.07. The molecule has 0 spiro atoms. The van der Waals surface area contributed by atoms with Crippen molar-refractivity contribution in [3.8, 4) is 6.07 Å². The van der Waals surface area contributed by atoms with Crippen LogP contribution in [0.1, 0.15) is 18.9 Å². The van der Waals surface area contributed by atoms with Gasteiger partial charge in [-0.1, -0.05) is 11.6 Å². The average Bonchev–Trinajstić information content (AvgIpc) is 2.83. The van der Waals surface area contributed by atoms with Crippen LogP contribution in [0.2, 0.25) is 5.02 Å². The fraction of sp³-hybridized carbons (Fsp3) is 0.385. The zero-order valence-corrected chi connectivity index (χ0v) is 12.8. The minimum absolute atomic E-state index is 0.0406. The Morgan fingerprint density at radius 2 is 2.19 bits per heavy atom. The molecule has 8 heteroatoms. The van der Waals surface area contributed by atoms with E-state index in [1.807, 2.05) is 6.07 Å². The summed E-state index contributed by atoms with van der Waals surface area (Å²) in [6.45, 7) is 1.58. The van der Waals surface area contributed by atoms with E-state index in [0.717, 1.165) is 4.31 Å². The van der Waals surface area contributed by atoms with Crippen molar-refractivity contribution in [1.82, 2.24) is 4.31 Å². The minimum atomic E-state index is -3.81. The van der Waals surface area contributed by atoms with Crippen molar-refractivity contribution in [1.29, 1.82) is 5.26 Å². The predicted molar refractivity (Wildman–Crippen MR) is 75.3 cm³/mol. The Balaban J connectivity index is 2.34. The monoisotopic (exact) mass is 328 g/mol. The number of aliphatic carboxylic acids is 1. The number of hydrogen-bond donors (Lipinski definition) is 1. The van der Waals surface area contributed by atoms with Crippen molar-refractivity contribution in [3.63, 3.8) is 0 Å². The van der Waals surface area contributed by atoms with Gasteiger partial charge in [0.1, 0.15) is 6.07 Å². The van der Waals surface area contributed by atoms with Crippen LogP contribution in [0.5, 0.6) is 0 Å². The number of rotatable bonds is 3. The van der Waals surface area contributed by atoms with Gasteiger partial charge in [0.25, 0.3) is 0 Å². The highest BCUT2D eigenvalue weighted by atomic mass is 35.5. The average molecular weight is 329 g/mol. The van der Waals surface area contributed by atoms with Crippen LogP contribution in [-0.2, 0) is 14.8 Å². The van der Waals surface area contributed by atoms with E-state index in [1.165, 1.54) is 25.1 Å². The Hall–Kier alpha value is -1.62. The van der Waals surface area contributed by atoms with Crippen LogP contribution in [0.3, 0.4) is 0 Å². The number of carboxylic acids is 1. The maximum absolute atomic E-state index is 12.5. The number of benzene rings is 1. The first kappa shape index (κ1) is 15.8. The number of nitriles is 1. The second-order valence-electron chi connectivity index (χ2n) is 5.21. The smallest absolute Gasteiger partial charge is 0.310 e. The lowest BCUT2D eigenvalue weighted by Gasteiger charge is -2.20. The summed E-state index contributed by atoms with van der Waals surface area (Å²) in [4.78, 5) is 11.2. The van der Waals surface area contributed by atoms with Crippen molar-refractivity contribution in [3.05, 3.63) is 28.8 Å². The lowest BCUT2D eigenvalue weighted by molar-refractivity contribution is -0.146. The number of nitrogens with zero attached hydrogens (tertiary/aromatic N) is 2. The van der Waals surface area contributed by atoms with Gasteiger partial charge in [-0.2, -0.15) is 9.57 Å². The molecule has 21 heavy (non-hydrogen) atoms. The van der Waals surface area contributed by atoms with Gasteiger partial charge in [0.05, 0.1) is 20.9 Å². The van der Waals surface area contributed by atoms with Gasteiger partial charge in [0, 0.05) is 13.1 Å². The van der Waals surface area contributed by atoms with Crippen LogP contribution in [0.15, 0.2) is 23.1 Å². The fourth-order valence-electron chi connectivity index (χ4n) is 2.19. The molecule has 1 aliphatic heterocycles. The first-order valence-corrected chi connectivity index (χ1v) is 7.96. The molecule has 1 N–H and O–H groups in total. The lowest BCUT2D eigenvalue weighted by atomic mass is 9.90. The molecule has 1 atom stereocenters. The number of carbonyl (C=O) groups is 1. The van der Waals surface area contributed by atoms with E-state index < -0.39 is 21.4 Å². The minimum Gasteiger partial charge on any atom is -0.481 e. The number of hydrogen-bond acceptors (Lipinski definition) is 4. The highest BCUT2D eigenvalue weighted by Gasteiger charge is 2.44. The highest BCUT2D eigenvalue weighted by molar-refractivity contribution is 7.89. The van der Waals surface area contributed by atoms with E-state index in [9.17, 15) is 13.2 Å². The highest BCUT2D eigenvalue weighted by Crippen LogP contribution is 2.34. The maximum atomic E-state index is 12.5. The molecule has 1 aliphatic rings. The molecule has 0 aliphatic carbocycles. The molecular weight excluding hydrogens is 316 g/mol. The molecule has 0 radical (unpaired) electrons. The standard InChI is InChI=1S/C13H13ClN2O4S/c1-13(12(17)18)4-5-16(8-13)21(19,20)10-3-2-9(7-15)11(14)6-10/h2-3,6H,4-5,8H2,1H3,(H,17,18). The summed E-state index contributed by atoms with van der Waals surface area (Å²) < 4.78 is 26.1. The molecule has 1 aromatic rings. The van der Waals surface area contributed by atoms with Crippen LogP contribution in [-0.4, -0.2) is 36.9 Å². The maximum Gasteiger partial charge on any atom is 0.310 e. The van der Waals surface area contributed by atoms with E-state index in [1.54, 1.807) is 0 Å². The molecule has 0 amide bonds. The summed E-state index contributed by atoms with van der Waals surface area (Å²) in [5, 5.41) is 18.0. The van der Waals surface area contributed by atoms with Crippen molar-refractivity contribution < 1.29 is 18.3 Å². The summed E-state index contributed by atoms with van der Waals surface area (Å²) in [5.74, 6) is -1.02. The first-order chi connectivity index (χ1) is 9.70. The summed E-state index contributed by atoms with van der Waals surface area (Å²) in [6.07, 6.45) is 0.256. The van der Waals surface area contributed by atoms with Crippen LogP contribution in [0.4, 0.5) is 0 Å². The van der Waals surface area contributed by atoms with Gasteiger partial charge >= 0.3 is 5.97 Å². The quantitative estimate of drug-likeness (QED) is 0.910. The van der Waals surface area contributed by atoms with E-state index in [4.69, 9.17) is 22.0 Å². The lowest BCUT2D eigenvalue weighted by Crippen LogP contribution is -2.34. The summed E-state index contributed by atoms with van der Waals surface area (Å²) >= 11 is 5.85. The Bertz CT molecular complexity index is 741. The first-order valence-electron chi connectivity index (χ1n) is 6.14. The van der Waals surface area contributed by atoms with E-state index in [0.29, 0.717) is 0 Å². The van der Waals surface area contributed by atoms with Crippen molar-refractivity contribution >= 4 is 27.6 Å². The SMILES string of the molecule is CC1(C(=O)O)CCN(S(=O)(=O)c2ccc(C#N)c(Cl)c2)C1. The van der Waals surface area contributed by atoms with Gasteiger partial charge in [0.2, 0.25) is 10.0 Å². The molecule has 1 saturated heterocycles. The van der Waals surface area contributed by atoms with Crippen molar-refractivity contribution in [2.45, 2.75) is 18.2 Å². The molecule has 112 valence electrons. The number of halogens is 1. The molecule has 1 aromatic carbocycles. The Labute approximate surface area is 127 Å². The molecule has 1 unspecified atom stereocenters. The van der Waals surface area contributed by atoms with Crippen LogP contribution >= 0.6 is 11.6 Å². The van der Waals surface area contributed by atoms with Gasteiger partial charge < -0.3 is 5.11 Å². The zero-order valence-electron chi connectivity index (χ0n) is 11.2. The molecule has 1 heterocycles. The molecule has 0 bridgehead atoms. The second-order valence-corrected chi connectivity index (χ2v) is 7.55. The predicted octanol–water partition coefficient (Wildman–Crippen LogP) is 1.70. The Kier molecular flexibility index (Phi) is 3.97. The topological polar surface area (TPSA) is 98.5 Å². The van der Waals surface area contributed by atoms with E-state index in [-0.39, 0.29) is 35.0 Å². The third-order valence-corrected chi connectivity index (χ3v) is 5.81. The normalized spacial score (nSPS) is 22.9. The van der Waals surface area contributed by atoms with Gasteiger partial charge in [0.15, 0.2) is 0 Å². The van der Waals surface area contributed by atoms with Crippen LogP contribution in [0.25, 0.3) is 0 Å². The summed E-state index contributed by atoms with van der Waals surface area (Å²) in [6, 6.07) is 5.70. The number of carboxylic acid groups (broad SMARTS) is 1. The van der Waals surface area contributed by atoms with Crippen LogP contribution in [0, 0.1) is 16.7 Å². The summed E-state index contributed by atoms with van der Waals surface area (Å²) in [7, 11) is -3.81. The van der Waals surface area contributed by atoms with E-state index >= 15 is 0 Å². The third kappa shape index (κ3) is 2.75. The Morgan fingerprint density at radius 3 is 2.67 bits per heavy atom. The zero-order chi connectivity index (χ0) is 15.8. The molecule has 0 saturated carbocycles. The van der Waals surface area contributed by atoms with Gasteiger partial charge in [-0.25, -0.2) is 8.42 Å². The Morgan fingerprint density at radius 1 is 1.52 bits per heavy atom. The van der Waals surface area contributed by atoms with Gasteiger partial charge in [-0.05, 0) is 31.5 Å². The second kappa shape index (κ2) is 5.30. The summed E-state index contributed by atoms with van der Waals surface area (Å²) in [5.41, 5.74) is -0.892. The third-order valence-electron chi connectivity index (χ3n) is 3.65. The van der Waals surface area contributed by atoms with Gasteiger partial charge in [-0.15, -0.1) is 0 Å². The number of sulfonamides is 1.